The monoisotopic (exact) mass is 263 g/mol. The molecule has 0 unspecified atom stereocenters. The van der Waals surface area contributed by atoms with Crippen molar-refractivity contribution >= 4 is 17.7 Å². The normalized spacial score (nSPS) is 19.0. The van der Waals surface area contributed by atoms with E-state index in [9.17, 15) is 9.59 Å². The second-order valence-corrected chi connectivity index (χ2v) is 4.74. The topological polar surface area (TPSA) is 82.5 Å². The number of nitrogens with one attached hydrogen (secondary N) is 1. The Morgan fingerprint density at radius 2 is 2.32 bits per heavy atom. The number of carbonyl (C=O) groups excluding carboxylic acids is 1. The van der Waals surface area contributed by atoms with Crippen molar-refractivity contribution in [3.8, 4) is 0 Å². The average Bonchev–Trinajstić information content (AvgIpc) is 2.41. The molecule has 102 valence electrons. The van der Waals surface area contributed by atoms with Crippen LogP contribution in [0.3, 0.4) is 0 Å². The maximum atomic E-state index is 12.1. The lowest BCUT2D eigenvalue weighted by Gasteiger charge is -2.30. The van der Waals surface area contributed by atoms with Crippen LogP contribution in [0.5, 0.6) is 0 Å². The molecule has 2 amide bonds. The Balaban J connectivity index is 2.00. The maximum Gasteiger partial charge on any atom is 0.321 e. The smallest absolute Gasteiger partial charge is 0.321 e. The summed E-state index contributed by atoms with van der Waals surface area (Å²) < 4.78 is 0. The number of urea groups is 1. The number of carboxylic acid groups (broad SMARTS) is 1. The lowest BCUT2D eigenvalue weighted by atomic mass is 9.99. The van der Waals surface area contributed by atoms with Crippen molar-refractivity contribution in [3.63, 3.8) is 0 Å². The molecule has 0 spiro atoms. The summed E-state index contributed by atoms with van der Waals surface area (Å²) in [5, 5.41) is 11.8. The number of amides is 2. The minimum Gasteiger partial charge on any atom is -0.481 e. The Bertz CT molecular complexity index is 490. The van der Waals surface area contributed by atoms with Gasteiger partial charge in [0.15, 0.2) is 0 Å². The van der Waals surface area contributed by atoms with Gasteiger partial charge in [-0.1, -0.05) is 0 Å². The van der Waals surface area contributed by atoms with Crippen LogP contribution >= 0.6 is 0 Å². The summed E-state index contributed by atoms with van der Waals surface area (Å²) in [5.74, 6) is -1.30. The van der Waals surface area contributed by atoms with Crippen molar-refractivity contribution in [2.75, 3.05) is 18.4 Å². The molecule has 1 saturated heterocycles. The number of likely N-dealkylation sites (tertiary alicyclic amines) is 1. The van der Waals surface area contributed by atoms with Crippen LogP contribution in [0.1, 0.15) is 18.4 Å². The molecule has 1 fully saturated rings. The van der Waals surface area contributed by atoms with Crippen molar-refractivity contribution in [1.82, 2.24) is 9.88 Å². The number of pyridine rings is 1. The zero-order valence-electron chi connectivity index (χ0n) is 10.8. The van der Waals surface area contributed by atoms with Gasteiger partial charge in [-0.15, -0.1) is 0 Å². The van der Waals surface area contributed by atoms with Crippen LogP contribution in [-0.2, 0) is 4.79 Å². The van der Waals surface area contributed by atoms with Crippen LogP contribution in [0.4, 0.5) is 10.5 Å². The van der Waals surface area contributed by atoms with Gasteiger partial charge in [0.05, 0.1) is 17.8 Å². The summed E-state index contributed by atoms with van der Waals surface area (Å²) >= 11 is 0. The van der Waals surface area contributed by atoms with Crippen molar-refractivity contribution in [2.45, 2.75) is 19.8 Å². The van der Waals surface area contributed by atoms with E-state index in [2.05, 4.69) is 10.3 Å². The van der Waals surface area contributed by atoms with E-state index >= 15 is 0 Å². The number of piperidine rings is 1. The Labute approximate surface area is 111 Å². The molecule has 6 heteroatoms. The van der Waals surface area contributed by atoms with Gasteiger partial charge in [-0.25, -0.2) is 4.79 Å². The SMILES string of the molecule is Cc1ccncc1NC(=O)N1CCC[C@H](C(=O)O)C1. The number of aryl methyl sites for hydroxylation is 1. The highest BCUT2D eigenvalue weighted by Gasteiger charge is 2.28. The molecule has 1 aromatic rings. The van der Waals surface area contributed by atoms with Gasteiger partial charge in [-0.05, 0) is 31.4 Å². The molecule has 0 saturated carbocycles. The minimum atomic E-state index is -0.838. The molecule has 2 rings (SSSR count). The number of hydrogen-bond acceptors (Lipinski definition) is 3. The molecule has 0 bridgehead atoms. The molecule has 0 aromatic carbocycles. The number of carbonyl (C=O) groups is 2. The highest BCUT2D eigenvalue weighted by molar-refractivity contribution is 5.90. The first kappa shape index (κ1) is 13.3. The second-order valence-electron chi connectivity index (χ2n) is 4.74. The van der Waals surface area contributed by atoms with Crippen molar-refractivity contribution in [1.29, 1.82) is 0 Å². The summed E-state index contributed by atoms with van der Waals surface area (Å²) in [6, 6.07) is 1.55. The van der Waals surface area contributed by atoms with Crippen LogP contribution in [0.15, 0.2) is 18.5 Å². The molecule has 1 aromatic heterocycles. The minimum absolute atomic E-state index is 0.262. The van der Waals surface area contributed by atoms with Crippen LogP contribution in [0, 0.1) is 12.8 Å². The molecule has 2 N–H and O–H groups in total. The first-order chi connectivity index (χ1) is 9.08. The lowest BCUT2D eigenvalue weighted by molar-refractivity contribution is -0.143. The first-order valence-corrected chi connectivity index (χ1v) is 6.27. The van der Waals surface area contributed by atoms with E-state index in [4.69, 9.17) is 5.11 Å². The highest BCUT2D eigenvalue weighted by atomic mass is 16.4. The predicted molar refractivity (Wildman–Crippen MR) is 69.9 cm³/mol. The van der Waals surface area contributed by atoms with Crippen LogP contribution in [-0.4, -0.2) is 40.1 Å². The fraction of sp³-hybridized carbons (Fsp3) is 0.462. The molecule has 0 radical (unpaired) electrons. The van der Waals surface area contributed by atoms with E-state index in [0.717, 1.165) is 12.0 Å². The van der Waals surface area contributed by atoms with E-state index in [-0.39, 0.29) is 12.6 Å². The molecule has 1 atom stereocenters. The zero-order valence-corrected chi connectivity index (χ0v) is 10.8. The lowest BCUT2D eigenvalue weighted by Crippen LogP contribution is -2.44. The molecule has 2 heterocycles. The summed E-state index contributed by atoms with van der Waals surface area (Å²) in [4.78, 5) is 28.6. The van der Waals surface area contributed by atoms with E-state index in [0.29, 0.717) is 18.7 Å². The largest absolute Gasteiger partial charge is 0.481 e. The predicted octanol–water partition coefficient (Wildman–Crippen LogP) is 1.72. The van der Waals surface area contributed by atoms with Gasteiger partial charge in [0.25, 0.3) is 0 Å². The highest BCUT2D eigenvalue weighted by Crippen LogP contribution is 2.18. The molecular formula is C13H17N3O3. The third kappa shape index (κ3) is 3.21. The standard InChI is InChI=1S/C13H17N3O3/c1-9-4-5-14-7-11(9)15-13(19)16-6-2-3-10(8-16)12(17)18/h4-5,7,10H,2-3,6,8H2,1H3,(H,15,19)(H,17,18)/t10-/m0/s1. The Hall–Kier alpha value is -2.11. The summed E-state index contributed by atoms with van der Waals surface area (Å²) in [6.07, 6.45) is 4.60. The summed E-state index contributed by atoms with van der Waals surface area (Å²) in [6.45, 7) is 2.74. The number of carboxylic acids is 1. The molecular weight excluding hydrogens is 246 g/mol. The van der Waals surface area contributed by atoms with Gasteiger partial charge in [-0.2, -0.15) is 0 Å². The van der Waals surface area contributed by atoms with Crippen molar-refractivity contribution in [2.24, 2.45) is 5.92 Å². The van der Waals surface area contributed by atoms with Gasteiger partial charge in [0, 0.05) is 19.3 Å². The molecule has 0 aliphatic carbocycles. The summed E-state index contributed by atoms with van der Waals surface area (Å²) in [5.41, 5.74) is 1.58. The quantitative estimate of drug-likeness (QED) is 0.851. The van der Waals surface area contributed by atoms with Gasteiger partial charge in [0.2, 0.25) is 0 Å². The average molecular weight is 263 g/mol. The van der Waals surface area contributed by atoms with Crippen LogP contribution < -0.4 is 5.32 Å². The van der Waals surface area contributed by atoms with Crippen LogP contribution in [0.25, 0.3) is 0 Å². The number of rotatable bonds is 2. The van der Waals surface area contributed by atoms with Crippen molar-refractivity contribution in [3.05, 3.63) is 24.0 Å². The van der Waals surface area contributed by atoms with E-state index in [1.807, 2.05) is 13.0 Å². The number of anilines is 1. The van der Waals surface area contributed by atoms with Gasteiger partial charge in [0.1, 0.15) is 0 Å². The fourth-order valence-electron chi connectivity index (χ4n) is 2.15. The van der Waals surface area contributed by atoms with Gasteiger partial charge in [-0.3, -0.25) is 9.78 Å². The Morgan fingerprint density at radius 1 is 1.53 bits per heavy atom. The van der Waals surface area contributed by atoms with E-state index in [1.54, 1.807) is 17.3 Å². The first-order valence-electron chi connectivity index (χ1n) is 6.27. The third-order valence-corrected chi connectivity index (χ3v) is 3.34. The van der Waals surface area contributed by atoms with E-state index in [1.165, 1.54) is 0 Å². The number of aliphatic carboxylic acids is 1. The van der Waals surface area contributed by atoms with Crippen LogP contribution in [0.2, 0.25) is 0 Å². The van der Waals surface area contributed by atoms with Gasteiger partial charge < -0.3 is 15.3 Å². The number of hydrogen-bond donors (Lipinski definition) is 2. The number of nitrogens with zero attached hydrogens (tertiary/aromatic N) is 2. The van der Waals surface area contributed by atoms with Gasteiger partial charge >= 0.3 is 12.0 Å². The summed E-state index contributed by atoms with van der Waals surface area (Å²) in [7, 11) is 0. The van der Waals surface area contributed by atoms with Crippen molar-refractivity contribution < 1.29 is 14.7 Å². The molecule has 6 nitrogen and oxygen atoms in total. The molecule has 1 aliphatic heterocycles. The maximum absolute atomic E-state index is 12.1. The Kier molecular flexibility index (Phi) is 3.99. The third-order valence-electron chi connectivity index (χ3n) is 3.34. The zero-order chi connectivity index (χ0) is 13.8. The molecule has 19 heavy (non-hydrogen) atoms. The second kappa shape index (κ2) is 5.69. The fourth-order valence-corrected chi connectivity index (χ4v) is 2.15. The van der Waals surface area contributed by atoms with E-state index < -0.39 is 11.9 Å². The molecule has 1 aliphatic rings. The Morgan fingerprint density at radius 3 is 3.00 bits per heavy atom. The number of aromatic nitrogens is 1.